The van der Waals surface area contributed by atoms with Gasteiger partial charge in [-0.15, -0.1) is 0 Å². The lowest BCUT2D eigenvalue weighted by molar-refractivity contribution is 0.475. The van der Waals surface area contributed by atoms with Crippen LogP contribution in [0.3, 0.4) is 0 Å². The number of aromatic nitrogens is 1. The number of benzene rings is 2. The standard InChI is InChI=1S/C18H12N2O/c19-12-15(10-13-4-3-6-16(21)11-13)18-9-8-14-5-1-2-7-17(14)20-18/h1-11,21H/b15-10+. The van der Waals surface area contributed by atoms with E-state index in [1.54, 1.807) is 24.3 Å². The molecule has 0 atom stereocenters. The fourth-order valence-corrected chi connectivity index (χ4v) is 2.16. The Kier molecular flexibility index (Phi) is 3.36. The number of phenols is 1. The van der Waals surface area contributed by atoms with E-state index in [0.717, 1.165) is 16.5 Å². The van der Waals surface area contributed by atoms with Gasteiger partial charge < -0.3 is 5.11 Å². The van der Waals surface area contributed by atoms with Gasteiger partial charge >= 0.3 is 0 Å². The molecule has 3 aromatic rings. The second kappa shape index (κ2) is 5.48. The van der Waals surface area contributed by atoms with Crippen molar-refractivity contribution in [1.82, 2.24) is 4.98 Å². The lowest BCUT2D eigenvalue weighted by Crippen LogP contribution is -1.88. The van der Waals surface area contributed by atoms with Crippen molar-refractivity contribution in [3.05, 3.63) is 71.9 Å². The second-order valence-corrected chi connectivity index (χ2v) is 4.65. The number of fused-ring (bicyclic) bond motifs is 1. The Hall–Kier alpha value is -3.12. The van der Waals surface area contributed by atoms with E-state index in [0.29, 0.717) is 11.3 Å². The largest absolute Gasteiger partial charge is 0.508 e. The zero-order valence-electron chi connectivity index (χ0n) is 11.2. The van der Waals surface area contributed by atoms with Crippen molar-refractivity contribution >= 4 is 22.6 Å². The molecule has 1 aromatic heterocycles. The molecule has 0 spiro atoms. The van der Waals surface area contributed by atoms with E-state index < -0.39 is 0 Å². The van der Waals surface area contributed by atoms with Gasteiger partial charge in [-0.05, 0) is 35.9 Å². The number of hydrogen-bond acceptors (Lipinski definition) is 3. The molecule has 0 radical (unpaired) electrons. The van der Waals surface area contributed by atoms with Crippen molar-refractivity contribution < 1.29 is 5.11 Å². The summed E-state index contributed by atoms with van der Waals surface area (Å²) in [5.74, 6) is 0.174. The van der Waals surface area contributed by atoms with Crippen LogP contribution in [0.2, 0.25) is 0 Å². The molecule has 1 heterocycles. The van der Waals surface area contributed by atoms with Crippen molar-refractivity contribution in [2.45, 2.75) is 0 Å². The van der Waals surface area contributed by atoms with E-state index in [2.05, 4.69) is 11.1 Å². The first-order chi connectivity index (χ1) is 10.3. The van der Waals surface area contributed by atoms with Gasteiger partial charge in [0.2, 0.25) is 0 Å². The van der Waals surface area contributed by atoms with Gasteiger partial charge in [-0.3, -0.25) is 0 Å². The van der Waals surface area contributed by atoms with E-state index in [9.17, 15) is 10.4 Å². The average molecular weight is 272 g/mol. The summed E-state index contributed by atoms with van der Waals surface area (Å²) in [4.78, 5) is 4.51. The normalized spacial score (nSPS) is 11.3. The molecule has 3 heteroatoms. The Morgan fingerprint density at radius 3 is 2.71 bits per heavy atom. The van der Waals surface area contributed by atoms with Gasteiger partial charge in [-0.1, -0.05) is 36.4 Å². The molecule has 0 fully saturated rings. The van der Waals surface area contributed by atoms with Crippen LogP contribution in [-0.4, -0.2) is 10.1 Å². The predicted octanol–water partition coefficient (Wildman–Crippen LogP) is 4.00. The molecular formula is C18H12N2O. The van der Waals surface area contributed by atoms with Crippen molar-refractivity contribution in [3.63, 3.8) is 0 Å². The molecule has 3 rings (SSSR count). The molecule has 0 amide bonds. The third-order valence-electron chi connectivity index (χ3n) is 3.18. The van der Waals surface area contributed by atoms with Crippen LogP contribution in [0.15, 0.2) is 60.7 Å². The third kappa shape index (κ3) is 2.75. The minimum Gasteiger partial charge on any atom is -0.508 e. The van der Waals surface area contributed by atoms with Crippen LogP contribution >= 0.6 is 0 Å². The van der Waals surface area contributed by atoms with Gasteiger partial charge in [0.15, 0.2) is 0 Å². The summed E-state index contributed by atoms with van der Waals surface area (Å²) < 4.78 is 0. The maximum Gasteiger partial charge on any atom is 0.116 e. The van der Waals surface area contributed by atoms with Gasteiger partial charge in [-0.25, -0.2) is 4.98 Å². The van der Waals surface area contributed by atoms with Gasteiger partial charge in [0, 0.05) is 5.39 Å². The van der Waals surface area contributed by atoms with E-state index in [1.165, 1.54) is 0 Å². The maximum absolute atomic E-state index is 9.48. The van der Waals surface area contributed by atoms with Gasteiger partial charge in [-0.2, -0.15) is 5.26 Å². The molecule has 0 unspecified atom stereocenters. The number of rotatable bonds is 2. The molecule has 1 N–H and O–H groups in total. The fourth-order valence-electron chi connectivity index (χ4n) is 2.16. The van der Waals surface area contributed by atoms with Crippen molar-refractivity contribution in [2.24, 2.45) is 0 Å². The number of nitrogens with zero attached hydrogens (tertiary/aromatic N) is 2. The molecule has 3 nitrogen and oxygen atoms in total. The van der Waals surface area contributed by atoms with E-state index in [4.69, 9.17) is 0 Å². The molecule has 0 saturated heterocycles. The quantitative estimate of drug-likeness (QED) is 0.717. The molecular weight excluding hydrogens is 260 g/mol. The smallest absolute Gasteiger partial charge is 0.116 e. The Labute approximate surface area is 122 Å². The molecule has 2 aromatic carbocycles. The molecule has 100 valence electrons. The second-order valence-electron chi connectivity index (χ2n) is 4.65. The number of pyridine rings is 1. The first kappa shape index (κ1) is 12.9. The highest BCUT2D eigenvalue weighted by Gasteiger charge is 2.04. The summed E-state index contributed by atoms with van der Waals surface area (Å²) in [6.45, 7) is 0. The highest BCUT2D eigenvalue weighted by Crippen LogP contribution is 2.21. The number of para-hydroxylation sites is 1. The van der Waals surface area contributed by atoms with E-state index >= 15 is 0 Å². The van der Waals surface area contributed by atoms with Crippen LogP contribution in [0.5, 0.6) is 5.75 Å². The fraction of sp³-hybridized carbons (Fsp3) is 0. The number of hydrogen-bond donors (Lipinski definition) is 1. The summed E-state index contributed by atoms with van der Waals surface area (Å²) in [6.07, 6.45) is 1.72. The van der Waals surface area contributed by atoms with Crippen LogP contribution in [0.1, 0.15) is 11.3 Å². The van der Waals surface area contributed by atoms with Crippen LogP contribution in [-0.2, 0) is 0 Å². The first-order valence-corrected chi connectivity index (χ1v) is 6.53. The Bertz CT molecular complexity index is 876. The number of allylic oxidation sites excluding steroid dienone is 1. The molecule has 21 heavy (non-hydrogen) atoms. The minimum absolute atomic E-state index is 0.174. The summed E-state index contributed by atoms with van der Waals surface area (Å²) in [6, 6.07) is 20.5. The maximum atomic E-state index is 9.48. The third-order valence-corrected chi connectivity index (χ3v) is 3.18. The monoisotopic (exact) mass is 272 g/mol. The topological polar surface area (TPSA) is 56.9 Å². The summed E-state index contributed by atoms with van der Waals surface area (Å²) in [5, 5.41) is 19.9. The Balaban J connectivity index is 2.08. The van der Waals surface area contributed by atoms with E-state index in [-0.39, 0.29) is 5.75 Å². The predicted molar refractivity (Wildman–Crippen MR) is 83.3 cm³/mol. The van der Waals surface area contributed by atoms with Gasteiger partial charge in [0.05, 0.1) is 16.8 Å². The summed E-state index contributed by atoms with van der Waals surface area (Å²) in [7, 11) is 0. The lowest BCUT2D eigenvalue weighted by atomic mass is 10.1. The molecule has 0 saturated carbocycles. The van der Waals surface area contributed by atoms with Crippen LogP contribution in [0.4, 0.5) is 0 Å². The molecule has 0 bridgehead atoms. The Morgan fingerprint density at radius 2 is 1.90 bits per heavy atom. The van der Waals surface area contributed by atoms with Crippen LogP contribution in [0.25, 0.3) is 22.6 Å². The van der Waals surface area contributed by atoms with Crippen molar-refractivity contribution in [1.29, 1.82) is 5.26 Å². The van der Waals surface area contributed by atoms with Gasteiger partial charge in [0.25, 0.3) is 0 Å². The number of phenolic OH excluding ortho intramolecular Hbond substituents is 1. The number of nitriles is 1. The highest BCUT2D eigenvalue weighted by molar-refractivity contribution is 5.90. The lowest BCUT2D eigenvalue weighted by Gasteiger charge is -2.02. The van der Waals surface area contributed by atoms with E-state index in [1.807, 2.05) is 42.5 Å². The first-order valence-electron chi connectivity index (χ1n) is 6.53. The van der Waals surface area contributed by atoms with Crippen molar-refractivity contribution in [2.75, 3.05) is 0 Å². The summed E-state index contributed by atoms with van der Waals surface area (Å²) in [5.41, 5.74) is 2.71. The molecule has 0 aliphatic carbocycles. The summed E-state index contributed by atoms with van der Waals surface area (Å²) >= 11 is 0. The molecule has 0 aliphatic heterocycles. The molecule has 0 aliphatic rings. The van der Waals surface area contributed by atoms with Gasteiger partial charge in [0.1, 0.15) is 11.8 Å². The average Bonchev–Trinajstić information content (AvgIpc) is 2.52. The van der Waals surface area contributed by atoms with Crippen LogP contribution in [0, 0.1) is 11.3 Å². The number of aromatic hydroxyl groups is 1. The zero-order chi connectivity index (χ0) is 14.7. The highest BCUT2D eigenvalue weighted by atomic mass is 16.3. The van der Waals surface area contributed by atoms with Crippen LogP contribution < -0.4 is 0 Å². The zero-order valence-corrected chi connectivity index (χ0v) is 11.2. The van der Waals surface area contributed by atoms with Crippen molar-refractivity contribution in [3.8, 4) is 11.8 Å². The Morgan fingerprint density at radius 1 is 1.05 bits per heavy atom. The SMILES string of the molecule is N#C/C(=C\c1cccc(O)c1)c1ccc2ccccc2n1. The minimum atomic E-state index is 0.174.